The van der Waals surface area contributed by atoms with E-state index in [0.29, 0.717) is 6.42 Å². The van der Waals surface area contributed by atoms with E-state index in [9.17, 15) is 4.79 Å². The number of hydrogen-bond acceptors (Lipinski definition) is 6. The third kappa shape index (κ3) is 3.13. The molecule has 1 aliphatic heterocycles. The van der Waals surface area contributed by atoms with Gasteiger partial charge in [-0.05, 0) is 18.6 Å². The Balaban J connectivity index is 1.80. The van der Waals surface area contributed by atoms with Crippen LogP contribution in [0.3, 0.4) is 0 Å². The highest BCUT2D eigenvalue weighted by Gasteiger charge is 2.24. The van der Waals surface area contributed by atoms with Crippen LogP contribution in [0.15, 0.2) is 12.1 Å². The van der Waals surface area contributed by atoms with Crippen LogP contribution in [0.5, 0.6) is 11.5 Å². The van der Waals surface area contributed by atoms with Gasteiger partial charge in [-0.25, -0.2) is 4.98 Å². The van der Waals surface area contributed by atoms with Gasteiger partial charge in [0, 0.05) is 32.6 Å². The summed E-state index contributed by atoms with van der Waals surface area (Å²) in [6.45, 7) is 5.15. The number of piperazine rings is 1. The standard InChI is InChI=1S/C17H23N3O3S/c1-4-5-14(21)19-8-10-20(11-9-19)17-18-15-12(22-2)6-7-13(23-3)16(15)24-17/h6-7H,4-5,8-11H2,1-3H3. The van der Waals surface area contributed by atoms with Gasteiger partial charge < -0.3 is 19.3 Å². The highest BCUT2D eigenvalue weighted by Crippen LogP contribution is 2.40. The summed E-state index contributed by atoms with van der Waals surface area (Å²) >= 11 is 1.61. The zero-order valence-electron chi connectivity index (χ0n) is 14.4. The van der Waals surface area contributed by atoms with Gasteiger partial charge in [-0.1, -0.05) is 18.3 Å². The Morgan fingerprint density at radius 3 is 2.46 bits per heavy atom. The first kappa shape index (κ1) is 16.8. The third-order valence-electron chi connectivity index (χ3n) is 4.27. The summed E-state index contributed by atoms with van der Waals surface area (Å²) in [5, 5.41) is 0.954. The number of methoxy groups -OCH3 is 2. The predicted octanol–water partition coefficient (Wildman–Crippen LogP) is 2.76. The van der Waals surface area contributed by atoms with Crippen LogP contribution < -0.4 is 14.4 Å². The van der Waals surface area contributed by atoms with Crippen LogP contribution in [-0.2, 0) is 4.79 Å². The Labute approximate surface area is 146 Å². The molecule has 3 rings (SSSR count). The highest BCUT2D eigenvalue weighted by molar-refractivity contribution is 7.22. The molecular weight excluding hydrogens is 326 g/mol. The molecule has 0 unspecified atom stereocenters. The van der Waals surface area contributed by atoms with Crippen LogP contribution in [-0.4, -0.2) is 56.2 Å². The lowest BCUT2D eigenvalue weighted by atomic mass is 10.2. The lowest BCUT2D eigenvalue weighted by Gasteiger charge is -2.34. The first-order valence-corrected chi connectivity index (χ1v) is 9.03. The Morgan fingerprint density at radius 1 is 1.17 bits per heavy atom. The summed E-state index contributed by atoms with van der Waals surface area (Å²) in [5.41, 5.74) is 0.835. The van der Waals surface area contributed by atoms with Crippen LogP contribution in [0.4, 0.5) is 5.13 Å². The molecule has 24 heavy (non-hydrogen) atoms. The second-order valence-electron chi connectivity index (χ2n) is 5.76. The molecule has 2 aromatic rings. The normalized spacial score (nSPS) is 15.0. The van der Waals surface area contributed by atoms with Crippen LogP contribution in [0.2, 0.25) is 0 Å². The number of ether oxygens (including phenoxy) is 2. The molecule has 1 aliphatic rings. The van der Waals surface area contributed by atoms with Crippen LogP contribution >= 0.6 is 11.3 Å². The van der Waals surface area contributed by atoms with E-state index in [-0.39, 0.29) is 5.91 Å². The number of fused-ring (bicyclic) bond motifs is 1. The van der Waals surface area contributed by atoms with Crippen molar-refractivity contribution in [2.75, 3.05) is 45.3 Å². The van der Waals surface area contributed by atoms with Gasteiger partial charge in [0.1, 0.15) is 21.7 Å². The SMILES string of the molecule is CCCC(=O)N1CCN(c2nc3c(OC)ccc(OC)c3s2)CC1. The molecule has 1 saturated heterocycles. The second kappa shape index (κ2) is 7.25. The molecule has 1 aromatic heterocycles. The van der Waals surface area contributed by atoms with Gasteiger partial charge in [-0.15, -0.1) is 0 Å². The maximum atomic E-state index is 12.0. The fourth-order valence-electron chi connectivity index (χ4n) is 2.93. The second-order valence-corrected chi connectivity index (χ2v) is 6.74. The van der Waals surface area contributed by atoms with E-state index in [1.165, 1.54) is 0 Å². The molecule has 0 saturated carbocycles. The zero-order chi connectivity index (χ0) is 17.1. The van der Waals surface area contributed by atoms with E-state index in [1.54, 1.807) is 25.6 Å². The van der Waals surface area contributed by atoms with Crippen molar-refractivity contribution < 1.29 is 14.3 Å². The quantitative estimate of drug-likeness (QED) is 0.831. The highest BCUT2D eigenvalue weighted by atomic mass is 32.1. The molecule has 6 nitrogen and oxygen atoms in total. The number of carbonyl (C=O) groups excluding carboxylic acids is 1. The van der Waals surface area contributed by atoms with E-state index in [0.717, 1.165) is 59.4 Å². The van der Waals surface area contributed by atoms with Crippen molar-refractivity contribution in [1.82, 2.24) is 9.88 Å². The lowest BCUT2D eigenvalue weighted by Crippen LogP contribution is -2.48. The first-order valence-electron chi connectivity index (χ1n) is 8.22. The van der Waals surface area contributed by atoms with E-state index in [4.69, 9.17) is 14.5 Å². The van der Waals surface area contributed by atoms with E-state index >= 15 is 0 Å². The molecule has 130 valence electrons. The van der Waals surface area contributed by atoms with Crippen LogP contribution in [0, 0.1) is 0 Å². The summed E-state index contributed by atoms with van der Waals surface area (Å²) in [5.74, 6) is 1.82. The lowest BCUT2D eigenvalue weighted by molar-refractivity contribution is -0.131. The van der Waals surface area contributed by atoms with Crippen molar-refractivity contribution >= 4 is 32.6 Å². The smallest absolute Gasteiger partial charge is 0.222 e. The summed E-state index contributed by atoms with van der Waals surface area (Å²) in [4.78, 5) is 21.0. The zero-order valence-corrected chi connectivity index (χ0v) is 15.2. The molecule has 0 radical (unpaired) electrons. The minimum Gasteiger partial charge on any atom is -0.495 e. The number of rotatable bonds is 5. The number of thiazole rings is 1. The van der Waals surface area contributed by atoms with E-state index in [2.05, 4.69) is 4.90 Å². The molecule has 1 aromatic carbocycles. The summed E-state index contributed by atoms with van der Waals surface area (Å²) in [6.07, 6.45) is 1.53. The van der Waals surface area contributed by atoms with Crippen molar-refractivity contribution in [3.05, 3.63) is 12.1 Å². The van der Waals surface area contributed by atoms with Crippen molar-refractivity contribution in [3.63, 3.8) is 0 Å². The van der Waals surface area contributed by atoms with Gasteiger partial charge in [-0.2, -0.15) is 0 Å². The molecule has 1 fully saturated rings. The third-order valence-corrected chi connectivity index (χ3v) is 5.40. The van der Waals surface area contributed by atoms with Crippen LogP contribution in [0.25, 0.3) is 10.2 Å². The van der Waals surface area contributed by atoms with Gasteiger partial charge in [-0.3, -0.25) is 4.79 Å². The van der Waals surface area contributed by atoms with Gasteiger partial charge in [0.25, 0.3) is 0 Å². The summed E-state index contributed by atoms with van der Waals surface area (Å²) in [7, 11) is 3.32. The Kier molecular flexibility index (Phi) is 5.08. The summed E-state index contributed by atoms with van der Waals surface area (Å²) in [6, 6.07) is 3.79. The summed E-state index contributed by atoms with van der Waals surface area (Å²) < 4.78 is 11.9. The maximum Gasteiger partial charge on any atom is 0.222 e. The Morgan fingerprint density at radius 2 is 1.83 bits per heavy atom. The fraction of sp³-hybridized carbons (Fsp3) is 0.529. The minimum atomic E-state index is 0.254. The molecule has 0 atom stereocenters. The Bertz CT molecular complexity index is 682. The van der Waals surface area contributed by atoms with Crippen molar-refractivity contribution in [3.8, 4) is 11.5 Å². The number of hydrogen-bond donors (Lipinski definition) is 0. The number of aromatic nitrogens is 1. The van der Waals surface area contributed by atoms with Crippen molar-refractivity contribution in [2.24, 2.45) is 0 Å². The fourth-order valence-corrected chi connectivity index (χ4v) is 4.05. The van der Waals surface area contributed by atoms with Crippen molar-refractivity contribution in [2.45, 2.75) is 19.8 Å². The maximum absolute atomic E-state index is 12.0. The molecule has 7 heteroatoms. The van der Waals surface area contributed by atoms with Crippen molar-refractivity contribution in [1.29, 1.82) is 0 Å². The number of anilines is 1. The van der Waals surface area contributed by atoms with Gasteiger partial charge in [0.15, 0.2) is 5.13 Å². The van der Waals surface area contributed by atoms with Crippen LogP contribution in [0.1, 0.15) is 19.8 Å². The molecule has 1 amide bonds. The largest absolute Gasteiger partial charge is 0.495 e. The molecular formula is C17H23N3O3S. The number of nitrogens with zero attached hydrogens (tertiary/aromatic N) is 3. The molecule has 0 N–H and O–H groups in total. The molecule has 2 heterocycles. The van der Waals surface area contributed by atoms with Gasteiger partial charge >= 0.3 is 0 Å². The number of benzene rings is 1. The minimum absolute atomic E-state index is 0.254. The first-order chi connectivity index (χ1) is 11.7. The van der Waals surface area contributed by atoms with Gasteiger partial charge in [0.2, 0.25) is 5.91 Å². The molecule has 0 aliphatic carbocycles. The topological polar surface area (TPSA) is 54.9 Å². The number of carbonyl (C=O) groups is 1. The molecule has 0 bridgehead atoms. The van der Waals surface area contributed by atoms with E-state index < -0.39 is 0 Å². The van der Waals surface area contributed by atoms with E-state index in [1.807, 2.05) is 24.0 Å². The molecule has 0 spiro atoms. The monoisotopic (exact) mass is 349 g/mol. The van der Waals surface area contributed by atoms with Gasteiger partial charge in [0.05, 0.1) is 14.2 Å². The Hall–Kier alpha value is -2.02. The predicted molar refractivity (Wildman–Crippen MR) is 96.4 cm³/mol. The number of amides is 1. The average Bonchev–Trinajstić information content (AvgIpc) is 3.06. The average molecular weight is 349 g/mol.